The van der Waals surface area contributed by atoms with Gasteiger partial charge in [-0.25, -0.2) is 0 Å². The molecule has 0 aliphatic carbocycles. The maximum absolute atomic E-state index is 9.26. The van der Waals surface area contributed by atoms with Gasteiger partial charge in [0.25, 0.3) is 0 Å². The topological polar surface area (TPSA) is 95.2 Å². The van der Waals surface area contributed by atoms with Crippen molar-refractivity contribution in [2.75, 3.05) is 0 Å². The Morgan fingerprint density at radius 1 is 0.576 bits per heavy atom. The van der Waals surface area contributed by atoms with E-state index in [2.05, 4.69) is 6.92 Å². The Morgan fingerprint density at radius 3 is 1.42 bits per heavy atom. The van der Waals surface area contributed by atoms with Crippen LogP contribution in [0.15, 0.2) is 18.2 Å². The average Bonchev–Trinajstić information content (AvgIpc) is 2.84. The second kappa shape index (κ2) is 18.5. The summed E-state index contributed by atoms with van der Waals surface area (Å²) in [4.78, 5) is 0. The third-order valence-corrected chi connectivity index (χ3v) is 6.16. The van der Waals surface area contributed by atoms with Crippen LogP contribution >= 0.6 is 0 Å². The van der Waals surface area contributed by atoms with Gasteiger partial charge >= 0.3 is 0 Å². The average molecular weight is 443 g/mol. The fourth-order valence-electron chi connectivity index (χ4n) is 4.19. The monoisotopic (exact) mass is 442 g/mol. The Kier molecular flexibility index (Phi) is 15.7. The summed E-state index contributed by atoms with van der Waals surface area (Å²) in [6.45, 7) is 2.26. The van der Waals surface area contributed by atoms with Gasteiger partial charge in [-0.3, -0.25) is 0 Å². The van der Waals surface area contributed by atoms with E-state index >= 15 is 0 Å². The van der Waals surface area contributed by atoms with Gasteiger partial charge in [-0.1, -0.05) is 109 Å². The van der Waals surface area contributed by atoms with Crippen molar-refractivity contribution in [3.8, 4) is 24.3 Å². The molecule has 0 radical (unpaired) electrons. The second-order valence-corrected chi connectivity index (χ2v) is 8.77. The number of aryl methyl sites for hydroxylation is 1. The first-order valence-electron chi connectivity index (χ1n) is 12.7. The summed E-state index contributed by atoms with van der Waals surface area (Å²) in [6.07, 6.45) is 20.3. The Labute approximate surface area is 200 Å². The Hall–Kier alpha value is -3.08. The van der Waals surface area contributed by atoms with Crippen molar-refractivity contribution in [2.24, 2.45) is 0 Å². The second-order valence-electron chi connectivity index (χ2n) is 8.77. The number of nitrogens with zero attached hydrogens (tertiary/aromatic N) is 4. The van der Waals surface area contributed by atoms with E-state index in [0.717, 1.165) is 24.8 Å². The lowest BCUT2D eigenvalue weighted by Gasteiger charge is -2.05. The molecule has 33 heavy (non-hydrogen) atoms. The van der Waals surface area contributed by atoms with E-state index < -0.39 is 0 Å². The van der Waals surface area contributed by atoms with Crippen LogP contribution in [0.4, 0.5) is 0 Å². The molecule has 0 saturated carbocycles. The normalized spacial score (nSPS) is 9.97. The minimum Gasteiger partial charge on any atom is -0.192 e. The highest BCUT2D eigenvalue weighted by Gasteiger charge is 2.05. The summed E-state index contributed by atoms with van der Waals surface area (Å²) in [7, 11) is 0. The van der Waals surface area contributed by atoms with E-state index in [9.17, 15) is 10.5 Å². The minimum absolute atomic E-state index is 0.0507. The molecule has 4 heteroatoms. The molecule has 1 rings (SSSR count). The van der Waals surface area contributed by atoms with Crippen molar-refractivity contribution in [3.05, 3.63) is 34.2 Å². The molecule has 0 atom stereocenters. The van der Waals surface area contributed by atoms with Gasteiger partial charge in [0.05, 0.1) is 0 Å². The molecule has 0 amide bonds. The van der Waals surface area contributed by atoms with Gasteiger partial charge in [0.2, 0.25) is 0 Å². The smallest absolute Gasteiger partial charge is 0.137 e. The standard InChI is InChI=1S/C29H38N4/c1-2-3-4-5-6-7-8-9-10-11-12-13-14-15-16-17-26-20-25(27(21-30)22-31)18-19-29(26)28(23-32)24-33/h18-20H,2-17H2,1H3. The van der Waals surface area contributed by atoms with Crippen LogP contribution in [-0.2, 0) is 6.42 Å². The number of nitriles is 4. The molecule has 0 aliphatic rings. The van der Waals surface area contributed by atoms with Gasteiger partial charge in [-0.05, 0) is 24.5 Å². The predicted molar refractivity (Wildman–Crippen MR) is 134 cm³/mol. The van der Waals surface area contributed by atoms with E-state index in [1.165, 1.54) is 83.5 Å². The Morgan fingerprint density at radius 2 is 1.00 bits per heavy atom. The molecule has 1 aromatic carbocycles. The van der Waals surface area contributed by atoms with Crippen molar-refractivity contribution in [1.82, 2.24) is 0 Å². The van der Waals surface area contributed by atoms with Crippen LogP contribution in [0.1, 0.15) is 109 Å². The molecule has 0 spiro atoms. The molecule has 0 aromatic heterocycles. The summed E-state index contributed by atoms with van der Waals surface area (Å²) in [5, 5.41) is 38.0. The third kappa shape index (κ3) is 11.4. The van der Waals surface area contributed by atoms with Gasteiger partial charge < -0.3 is 0 Å². The first kappa shape index (κ1) is 28.0. The van der Waals surface area contributed by atoms with Crippen molar-refractivity contribution >= 4 is 11.1 Å². The molecular formula is C29H38N4. The van der Waals surface area contributed by atoms with Crippen molar-refractivity contribution in [3.63, 3.8) is 0 Å². The summed E-state index contributed by atoms with van der Waals surface area (Å²) in [5.74, 6) is 0. The quantitative estimate of drug-likeness (QED) is 0.273. The summed E-state index contributed by atoms with van der Waals surface area (Å²) >= 11 is 0. The van der Waals surface area contributed by atoms with Crippen LogP contribution in [0.25, 0.3) is 11.1 Å². The lowest BCUT2D eigenvalue weighted by Crippen LogP contribution is -2.18. The van der Waals surface area contributed by atoms with Gasteiger partial charge in [-0.2, -0.15) is 21.0 Å². The molecule has 0 saturated heterocycles. The van der Waals surface area contributed by atoms with Gasteiger partial charge in [0, 0.05) is 10.4 Å². The molecule has 4 nitrogen and oxygen atoms in total. The summed E-state index contributed by atoms with van der Waals surface area (Å²) < 4.78 is 0. The summed E-state index contributed by atoms with van der Waals surface area (Å²) in [6, 6.07) is 12.9. The fraction of sp³-hybridized carbons (Fsp3) is 0.586. The zero-order valence-electron chi connectivity index (χ0n) is 20.3. The Bertz CT molecular complexity index is 961. The maximum Gasteiger partial charge on any atom is 0.137 e. The van der Waals surface area contributed by atoms with Crippen LogP contribution in [0.2, 0.25) is 0 Å². The van der Waals surface area contributed by atoms with E-state index in [4.69, 9.17) is 10.5 Å². The Balaban J connectivity index is 2.37. The first-order chi connectivity index (χ1) is 16.2. The third-order valence-electron chi connectivity index (χ3n) is 6.16. The molecule has 0 aliphatic heterocycles. The van der Waals surface area contributed by atoms with Crippen LogP contribution in [-0.4, -0.2) is 0 Å². The molecule has 0 heterocycles. The molecule has 0 unspecified atom stereocenters. The lowest BCUT2D eigenvalue weighted by atomic mass is 9.99. The van der Waals surface area contributed by atoms with E-state index in [0.29, 0.717) is 10.4 Å². The number of rotatable bonds is 16. The fourth-order valence-corrected chi connectivity index (χ4v) is 4.19. The van der Waals surface area contributed by atoms with Gasteiger partial charge in [-0.15, -0.1) is 0 Å². The number of benzene rings is 1. The highest BCUT2D eigenvalue weighted by Crippen LogP contribution is 2.14. The predicted octanol–water partition coefficient (Wildman–Crippen LogP) is 6.50. The molecule has 0 bridgehead atoms. The number of hydrogen-bond donors (Lipinski definition) is 0. The SMILES string of the molecule is CCCCCCCCCCCCCCCCCc1cc(=C(C#N)C#N)ccc1=C(C#N)C#N. The van der Waals surface area contributed by atoms with Crippen LogP contribution in [0.5, 0.6) is 0 Å². The van der Waals surface area contributed by atoms with Gasteiger partial charge in [0.15, 0.2) is 0 Å². The molecular weight excluding hydrogens is 404 g/mol. The largest absolute Gasteiger partial charge is 0.192 e. The minimum atomic E-state index is 0.0507. The van der Waals surface area contributed by atoms with Crippen LogP contribution < -0.4 is 10.4 Å². The number of hydrogen-bond acceptors (Lipinski definition) is 4. The van der Waals surface area contributed by atoms with Crippen molar-refractivity contribution in [1.29, 1.82) is 21.0 Å². The highest BCUT2D eigenvalue weighted by molar-refractivity contribution is 5.75. The molecule has 174 valence electrons. The van der Waals surface area contributed by atoms with E-state index in [-0.39, 0.29) is 11.1 Å². The van der Waals surface area contributed by atoms with Crippen LogP contribution in [0.3, 0.4) is 0 Å². The van der Waals surface area contributed by atoms with E-state index in [1.807, 2.05) is 24.3 Å². The zero-order chi connectivity index (χ0) is 24.2. The zero-order valence-corrected chi connectivity index (χ0v) is 20.3. The lowest BCUT2D eigenvalue weighted by molar-refractivity contribution is 0.532. The molecule has 0 fully saturated rings. The highest BCUT2D eigenvalue weighted by atomic mass is 14.3. The number of unbranched alkanes of at least 4 members (excludes halogenated alkanes) is 14. The first-order valence-corrected chi connectivity index (χ1v) is 12.7. The maximum atomic E-state index is 9.26. The van der Waals surface area contributed by atoms with E-state index in [1.54, 1.807) is 18.2 Å². The van der Waals surface area contributed by atoms with Crippen molar-refractivity contribution in [2.45, 2.75) is 110 Å². The van der Waals surface area contributed by atoms with Crippen molar-refractivity contribution < 1.29 is 0 Å². The molecule has 1 aromatic rings. The van der Waals surface area contributed by atoms with Gasteiger partial charge in [0.1, 0.15) is 35.4 Å². The van der Waals surface area contributed by atoms with Crippen LogP contribution in [0, 0.1) is 45.3 Å². The summed E-state index contributed by atoms with van der Waals surface area (Å²) in [5.41, 5.74) is 0.992. The molecule has 0 N–H and O–H groups in total.